The zero-order valence-corrected chi connectivity index (χ0v) is 57.9. The number of thioether (sulfide) groups is 2. The minimum atomic E-state index is -4.59. The van der Waals surface area contributed by atoms with E-state index in [2.05, 4.69) is 9.47 Å². The number of nitrogens with zero attached hydrogens (tertiary/aromatic N) is 6. The molecule has 2 aromatic heterocycles. The van der Waals surface area contributed by atoms with Crippen molar-refractivity contribution in [3.8, 4) is 22.3 Å². The largest absolute Gasteiger partial charge is 0.416 e. The number of carbonyl (C=O) groups excluding carboxylic acids is 2. The number of piperidine rings is 2. The lowest BCUT2D eigenvalue weighted by Gasteiger charge is -2.39. The third-order valence-electron chi connectivity index (χ3n) is 17.4. The Hall–Kier alpha value is -9.04. The van der Waals surface area contributed by atoms with Gasteiger partial charge >= 0.3 is 12.4 Å². The van der Waals surface area contributed by atoms with Gasteiger partial charge in [-0.05, 0) is 133 Å². The van der Waals surface area contributed by atoms with Crippen molar-refractivity contribution in [2.75, 3.05) is 66.5 Å². The van der Waals surface area contributed by atoms with Gasteiger partial charge in [-0.2, -0.15) is 26.3 Å². The number of aromatic nitrogens is 2. The second-order valence-corrected chi connectivity index (χ2v) is 26.3. The molecule has 2 amide bonds. The van der Waals surface area contributed by atoms with Gasteiger partial charge in [-0.25, -0.2) is 17.6 Å². The number of ether oxygens (including phenoxy) is 2. The van der Waals surface area contributed by atoms with Gasteiger partial charge in [0.05, 0.1) is 75.5 Å². The lowest BCUT2D eigenvalue weighted by Crippen LogP contribution is -2.48. The Kier molecular flexibility index (Phi) is 17.2. The van der Waals surface area contributed by atoms with Gasteiger partial charge in [-0.1, -0.05) is 120 Å². The van der Waals surface area contributed by atoms with Crippen molar-refractivity contribution < 1.29 is 95.9 Å². The maximum Gasteiger partial charge on any atom is 0.416 e. The Bertz CT molecular complexity index is 6070. The van der Waals surface area contributed by atoms with E-state index >= 15 is 14.0 Å². The van der Waals surface area contributed by atoms with Crippen molar-refractivity contribution >= 4 is 57.1 Å². The summed E-state index contributed by atoms with van der Waals surface area (Å²) in [7, 11) is -6.12. The molecular weight excluding hydrogens is 1420 g/mol. The van der Waals surface area contributed by atoms with Gasteiger partial charge < -0.3 is 38.2 Å². The molecule has 12 rings (SSSR count). The highest BCUT2D eigenvalue weighted by molar-refractivity contribution is 7.98. The van der Waals surface area contributed by atoms with E-state index < -0.39 is 234 Å². The highest BCUT2D eigenvalue weighted by atomic mass is 32.2. The lowest BCUT2D eigenvalue weighted by molar-refractivity contribution is -0.138. The highest BCUT2D eigenvalue weighted by Crippen LogP contribution is 2.36. The molecule has 0 unspecified atom stereocenters. The van der Waals surface area contributed by atoms with Crippen LogP contribution in [0.3, 0.4) is 0 Å². The Morgan fingerprint density at radius 3 is 1.29 bits per heavy atom. The Morgan fingerprint density at radius 2 is 0.896 bits per heavy atom. The van der Waals surface area contributed by atoms with Crippen LogP contribution in [0.1, 0.15) is 103 Å². The smallest absolute Gasteiger partial charge is 0.383 e. The van der Waals surface area contributed by atoms with Crippen LogP contribution in [-0.4, -0.2) is 119 Å². The molecular formula is C82H80F10N6O6S2. The van der Waals surface area contributed by atoms with Gasteiger partial charge in [0.1, 0.15) is 13.1 Å². The van der Waals surface area contributed by atoms with Gasteiger partial charge in [0.2, 0.25) is 11.8 Å². The Morgan fingerprint density at radius 1 is 0.519 bits per heavy atom. The average molecular weight is 1520 g/mol. The van der Waals surface area contributed by atoms with Gasteiger partial charge in [-0.15, -0.1) is 23.5 Å². The molecule has 8 aromatic carbocycles. The summed E-state index contributed by atoms with van der Waals surface area (Å²) in [6.45, 7) is -11.1. The molecule has 0 atom stereocenters. The Labute approximate surface area is 650 Å². The second-order valence-electron chi connectivity index (χ2n) is 24.5. The molecule has 106 heavy (non-hydrogen) atoms. The van der Waals surface area contributed by atoms with Crippen molar-refractivity contribution in [1.29, 1.82) is 0 Å². The van der Waals surface area contributed by atoms with E-state index in [0.717, 1.165) is 67.5 Å². The van der Waals surface area contributed by atoms with Gasteiger partial charge in [0.25, 0.3) is 0 Å². The molecule has 2 aliphatic rings. The topological polar surface area (TPSA) is 110 Å². The summed E-state index contributed by atoms with van der Waals surface area (Å²) >= 11 is 0.658. The van der Waals surface area contributed by atoms with Gasteiger partial charge in [-0.3, -0.25) is 19.2 Å². The number of alkyl halides is 6. The summed E-state index contributed by atoms with van der Waals surface area (Å²) in [4.78, 5) is 62.6. The van der Waals surface area contributed by atoms with E-state index in [1.807, 2.05) is 0 Å². The summed E-state index contributed by atoms with van der Waals surface area (Å²) in [6.07, 6.45) is -9.28. The molecule has 556 valence electrons. The van der Waals surface area contributed by atoms with E-state index in [1.165, 1.54) is 104 Å². The molecule has 4 heterocycles. The van der Waals surface area contributed by atoms with E-state index in [1.54, 1.807) is 4.90 Å². The molecule has 0 aliphatic carbocycles. The highest BCUT2D eigenvalue weighted by Gasteiger charge is 2.34. The van der Waals surface area contributed by atoms with Crippen LogP contribution >= 0.6 is 23.5 Å². The second kappa shape index (κ2) is 35.1. The molecule has 2 fully saturated rings. The summed E-state index contributed by atoms with van der Waals surface area (Å²) in [5.74, 6) is -7.89. The molecule has 0 radical (unpaired) electrons. The van der Waals surface area contributed by atoms with E-state index in [0.29, 0.717) is 34.0 Å². The molecule has 0 N–H and O–H groups in total. The van der Waals surface area contributed by atoms with Crippen LogP contribution in [0.2, 0.25) is 0 Å². The fourth-order valence-electron chi connectivity index (χ4n) is 11.9. The zero-order valence-electron chi connectivity index (χ0n) is 80.3. The van der Waals surface area contributed by atoms with Crippen molar-refractivity contribution in [3.05, 3.63) is 270 Å². The molecule has 0 bridgehead atoms. The molecule has 0 spiro atoms. The summed E-state index contributed by atoms with van der Waals surface area (Å²) in [5, 5.41) is -2.09. The first-order valence-electron chi connectivity index (χ1n) is 44.7. The summed E-state index contributed by atoms with van der Waals surface area (Å²) in [6, 6.07) is 18.4. The number of rotatable bonds is 24. The van der Waals surface area contributed by atoms with Gasteiger partial charge in [0, 0.05) is 127 Å². The van der Waals surface area contributed by atoms with Crippen molar-refractivity contribution in [2.24, 2.45) is 0 Å². The van der Waals surface area contributed by atoms with Crippen LogP contribution < -0.4 is 10.9 Å². The van der Waals surface area contributed by atoms with Crippen LogP contribution in [0, 0.1) is 37.1 Å². The predicted molar refractivity (Wildman–Crippen MR) is 395 cm³/mol. The van der Waals surface area contributed by atoms with E-state index in [9.17, 15) is 54.6 Å². The first kappa shape index (κ1) is 52.1. The van der Waals surface area contributed by atoms with Crippen molar-refractivity contribution in [3.63, 3.8) is 0 Å². The first-order valence-corrected chi connectivity index (χ1v) is 34.5. The minimum Gasteiger partial charge on any atom is -0.383 e. The van der Waals surface area contributed by atoms with Crippen LogP contribution in [0.5, 0.6) is 0 Å². The molecule has 2 saturated heterocycles. The van der Waals surface area contributed by atoms with Crippen LogP contribution in [0.25, 0.3) is 44.1 Å². The lowest BCUT2D eigenvalue weighted by atomic mass is 10.00. The normalized spacial score (nSPS) is 18.4. The number of pyridine rings is 2. The number of likely N-dealkylation sites (tertiary alicyclic amines) is 2. The number of fused-ring (bicyclic) bond motifs is 2. The van der Waals surface area contributed by atoms with Crippen LogP contribution in [0.4, 0.5) is 43.9 Å². The molecule has 12 nitrogen and oxygen atoms in total. The molecule has 24 heteroatoms. The first-order chi connectivity index (χ1) is 60.2. The molecule has 0 saturated carbocycles. The predicted octanol–water partition coefficient (Wildman–Crippen LogP) is 17.4. The summed E-state index contributed by atoms with van der Waals surface area (Å²) < 4.78 is 352. The fourth-order valence-corrected chi connectivity index (χ4v) is 13.6. The third-order valence-corrected chi connectivity index (χ3v) is 19.3. The van der Waals surface area contributed by atoms with E-state index in [-0.39, 0.29) is 102 Å². The van der Waals surface area contributed by atoms with Gasteiger partial charge in [0.15, 0.2) is 34.1 Å². The number of halogens is 10. The molecule has 10 aromatic rings. The van der Waals surface area contributed by atoms with Crippen LogP contribution in [0.15, 0.2) is 201 Å². The third kappa shape index (κ3) is 19.6. The number of methoxy groups -OCH3 is 2. The zero-order chi connectivity index (χ0) is 96.3. The standard InChI is InChI=1S/2C41H40F5N3O3S/c2*1-27-6-15-36-34(22-27)37(50)23-39(53-26-31-4-3-5-35(42)40(31)43)49(36)25-38(51)48(33-16-18-47(19-17-33)20-21-52-2)24-28-7-9-29(10-8-28)30-11-13-32(14-12-30)41(44,45)46/h2*3-15,22-23,33H,16-21,24-26H2,1-2H3/i2D3,6D,15D,21D2,22D,23D,24D2,26D2;2D3,6D,15D,21D2,22D,23D,24D2. The number of benzene rings is 8. The maximum absolute atomic E-state index is 15.1. The summed E-state index contributed by atoms with van der Waals surface area (Å²) in [5.41, 5.74) is -7.89. The fraction of sp³-hybridized carbons (Fsp3) is 0.317. The maximum atomic E-state index is 15.1. The quantitative estimate of drug-likeness (QED) is 0.0428. The molecule has 2 aliphatic heterocycles. The van der Waals surface area contributed by atoms with Crippen molar-refractivity contribution in [2.45, 2.75) is 112 Å². The van der Waals surface area contributed by atoms with Crippen molar-refractivity contribution in [1.82, 2.24) is 28.7 Å². The number of hydrogen-bond acceptors (Lipinski definition) is 10. The van der Waals surface area contributed by atoms with Crippen LogP contribution in [-0.2, 0) is 69.0 Å². The average Bonchev–Trinajstić information content (AvgIpc) is 0.733. The number of hydrogen-bond donors (Lipinski definition) is 0. The minimum absolute atomic E-state index is 0.00439. The number of amides is 2. The van der Waals surface area contributed by atoms with E-state index in [4.69, 9.17) is 27.4 Å². The monoisotopic (exact) mass is 1520 g/mol. The number of carbonyl (C=O) groups is 2. The Balaban J connectivity index is 0.000000251. The SMILES string of the molecule is [2H]c1c(C)c([2H])c2c(=O)c([2H])c(SC([2H])([2H])c3cccc(F)c3F)n(CC(=O)N(C3CCN(CC([2H])([2H])OC([2H])([2H])[2H])CC3)C([2H])([2H])c3ccc(-c4ccc(C(F)(F)F)cc4)cc3)c2c1[2H].[2H]c1c(C)c([2H])c2c(=O)c([2H])c(SCc3cccc(F)c3F)n(CC(=O)N(C3CCN(CC([2H])([2H])OC([2H])([2H])[2H])CC3)C([2H])([2H])c3ccc(-c4ccc(C(F)(F)F)cc4)cc3)c2c1[2H].